The second kappa shape index (κ2) is 5.59. The Bertz CT molecular complexity index is 524. The zero-order valence-corrected chi connectivity index (χ0v) is 10.6. The Kier molecular flexibility index (Phi) is 3.88. The fourth-order valence-electron chi connectivity index (χ4n) is 2.10. The number of carbonyl (C=O) groups is 1. The van der Waals surface area contributed by atoms with E-state index in [0.29, 0.717) is 30.2 Å². The number of amides is 1. The number of hydrogen-bond acceptors (Lipinski definition) is 5. The van der Waals surface area contributed by atoms with Crippen LogP contribution in [0.2, 0.25) is 0 Å². The van der Waals surface area contributed by atoms with Gasteiger partial charge in [0.25, 0.3) is 0 Å². The van der Waals surface area contributed by atoms with Crippen molar-refractivity contribution in [2.45, 2.75) is 6.04 Å². The van der Waals surface area contributed by atoms with E-state index in [2.05, 4.69) is 6.07 Å². The predicted molar refractivity (Wildman–Crippen MR) is 68.9 cm³/mol. The van der Waals surface area contributed by atoms with Crippen LogP contribution in [-0.4, -0.2) is 38.8 Å². The van der Waals surface area contributed by atoms with Crippen LogP contribution in [0.4, 0.5) is 5.69 Å². The van der Waals surface area contributed by atoms with E-state index in [0.717, 1.165) is 0 Å². The van der Waals surface area contributed by atoms with Crippen molar-refractivity contribution in [1.29, 1.82) is 5.26 Å². The Labute approximate surface area is 111 Å². The van der Waals surface area contributed by atoms with E-state index in [-0.39, 0.29) is 6.61 Å². The highest BCUT2D eigenvalue weighted by molar-refractivity contribution is 5.85. The summed E-state index contributed by atoms with van der Waals surface area (Å²) in [6.07, 6.45) is 0. The topological polar surface area (TPSA) is 88.6 Å². The Morgan fingerprint density at radius 1 is 1.63 bits per heavy atom. The summed E-state index contributed by atoms with van der Waals surface area (Å²) in [6, 6.07) is 6.67. The SMILES string of the molecule is COc1ccc(C#N)c(N2CCOCC2C(N)=O)c1. The minimum absolute atomic E-state index is 0.234. The third-order valence-electron chi connectivity index (χ3n) is 3.09. The fraction of sp³-hybridized carbons (Fsp3) is 0.385. The number of benzene rings is 1. The van der Waals surface area contributed by atoms with E-state index in [1.807, 2.05) is 0 Å². The number of ether oxygens (including phenoxy) is 2. The molecule has 1 fully saturated rings. The molecule has 0 bridgehead atoms. The van der Waals surface area contributed by atoms with Crippen molar-refractivity contribution >= 4 is 11.6 Å². The maximum Gasteiger partial charge on any atom is 0.242 e. The zero-order valence-electron chi connectivity index (χ0n) is 10.6. The van der Waals surface area contributed by atoms with Crippen molar-refractivity contribution in [3.63, 3.8) is 0 Å². The van der Waals surface area contributed by atoms with Gasteiger partial charge in [-0.05, 0) is 12.1 Å². The minimum Gasteiger partial charge on any atom is -0.497 e. The number of nitrogens with two attached hydrogens (primary N) is 1. The van der Waals surface area contributed by atoms with Gasteiger partial charge in [0, 0.05) is 12.6 Å². The van der Waals surface area contributed by atoms with Crippen molar-refractivity contribution in [2.75, 3.05) is 31.8 Å². The average molecular weight is 261 g/mol. The molecule has 0 spiro atoms. The third kappa shape index (κ3) is 2.61. The molecule has 0 radical (unpaired) electrons. The molecule has 1 heterocycles. The molecule has 1 aliphatic heterocycles. The van der Waals surface area contributed by atoms with E-state index in [1.54, 1.807) is 30.2 Å². The zero-order chi connectivity index (χ0) is 13.8. The lowest BCUT2D eigenvalue weighted by molar-refractivity contribution is -0.121. The Morgan fingerprint density at radius 2 is 2.42 bits per heavy atom. The molecule has 19 heavy (non-hydrogen) atoms. The smallest absolute Gasteiger partial charge is 0.242 e. The Hall–Kier alpha value is -2.26. The van der Waals surface area contributed by atoms with Crippen molar-refractivity contribution in [3.8, 4) is 11.8 Å². The molecule has 1 unspecified atom stereocenters. The number of methoxy groups -OCH3 is 1. The second-order valence-electron chi connectivity index (χ2n) is 4.18. The summed E-state index contributed by atoms with van der Waals surface area (Å²) in [7, 11) is 1.55. The second-order valence-corrected chi connectivity index (χ2v) is 4.18. The molecule has 6 nitrogen and oxygen atoms in total. The molecule has 100 valence electrons. The summed E-state index contributed by atoms with van der Waals surface area (Å²) in [6.45, 7) is 1.23. The molecule has 1 atom stereocenters. The standard InChI is InChI=1S/C13H15N3O3/c1-18-10-3-2-9(7-14)11(6-10)16-4-5-19-8-12(16)13(15)17/h2-3,6,12H,4-5,8H2,1H3,(H2,15,17). The summed E-state index contributed by atoms with van der Waals surface area (Å²) < 4.78 is 10.4. The van der Waals surface area contributed by atoms with E-state index < -0.39 is 11.9 Å². The van der Waals surface area contributed by atoms with Gasteiger partial charge in [-0.2, -0.15) is 5.26 Å². The van der Waals surface area contributed by atoms with Crippen molar-refractivity contribution in [2.24, 2.45) is 5.73 Å². The summed E-state index contributed by atoms with van der Waals surface area (Å²) in [4.78, 5) is 13.3. The first-order valence-corrected chi connectivity index (χ1v) is 5.89. The molecule has 0 saturated carbocycles. The molecule has 1 saturated heterocycles. The predicted octanol–water partition coefficient (Wildman–Crippen LogP) is 0.257. The quantitative estimate of drug-likeness (QED) is 0.843. The molecule has 6 heteroatoms. The van der Waals surface area contributed by atoms with Gasteiger partial charge < -0.3 is 20.1 Å². The lowest BCUT2D eigenvalue weighted by Gasteiger charge is -2.35. The van der Waals surface area contributed by atoms with E-state index >= 15 is 0 Å². The van der Waals surface area contributed by atoms with Gasteiger partial charge in [0.2, 0.25) is 5.91 Å². The number of nitriles is 1. The number of primary amides is 1. The normalized spacial score (nSPS) is 18.7. The number of anilines is 1. The van der Waals surface area contributed by atoms with Gasteiger partial charge in [0.1, 0.15) is 17.9 Å². The van der Waals surface area contributed by atoms with Gasteiger partial charge in [0.05, 0.1) is 31.6 Å². The summed E-state index contributed by atoms with van der Waals surface area (Å²) in [5.74, 6) is 0.162. The molecule has 1 aromatic rings. The van der Waals surface area contributed by atoms with Gasteiger partial charge in [-0.15, -0.1) is 0 Å². The number of hydrogen-bond donors (Lipinski definition) is 1. The van der Waals surface area contributed by atoms with Gasteiger partial charge in [-0.1, -0.05) is 0 Å². The monoisotopic (exact) mass is 261 g/mol. The van der Waals surface area contributed by atoms with Crippen molar-refractivity contribution in [1.82, 2.24) is 0 Å². The van der Waals surface area contributed by atoms with Crippen LogP contribution in [0.25, 0.3) is 0 Å². The molecule has 2 N–H and O–H groups in total. The highest BCUT2D eigenvalue weighted by Gasteiger charge is 2.29. The molecule has 0 aromatic heterocycles. The molecule has 0 aliphatic carbocycles. The lowest BCUT2D eigenvalue weighted by atomic mass is 10.1. The number of carbonyl (C=O) groups excluding carboxylic acids is 1. The van der Waals surface area contributed by atoms with E-state index in [9.17, 15) is 10.1 Å². The summed E-state index contributed by atoms with van der Waals surface area (Å²) >= 11 is 0. The van der Waals surface area contributed by atoms with Crippen LogP contribution >= 0.6 is 0 Å². The summed E-state index contributed by atoms with van der Waals surface area (Å²) in [5.41, 5.74) is 6.51. The van der Waals surface area contributed by atoms with Crippen molar-refractivity contribution in [3.05, 3.63) is 23.8 Å². The maximum absolute atomic E-state index is 11.5. The van der Waals surface area contributed by atoms with Crippen LogP contribution in [-0.2, 0) is 9.53 Å². The molecular formula is C13H15N3O3. The van der Waals surface area contributed by atoms with E-state index in [4.69, 9.17) is 15.2 Å². The Morgan fingerprint density at radius 3 is 3.05 bits per heavy atom. The first-order chi connectivity index (χ1) is 9.17. The lowest BCUT2D eigenvalue weighted by Crippen LogP contribution is -2.52. The minimum atomic E-state index is -0.562. The van der Waals surface area contributed by atoms with Crippen LogP contribution in [0.3, 0.4) is 0 Å². The van der Waals surface area contributed by atoms with Crippen molar-refractivity contribution < 1.29 is 14.3 Å². The number of morpholine rings is 1. The van der Waals surface area contributed by atoms with Crippen LogP contribution < -0.4 is 15.4 Å². The number of rotatable bonds is 3. The Balaban J connectivity index is 2.43. The third-order valence-corrected chi connectivity index (χ3v) is 3.09. The summed E-state index contributed by atoms with van der Waals surface area (Å²) in [5, 5.41) is 9.17. The van der Waals surface area contributed by atoms with Crippen LogP contribution in [0.15, 0.2) is 18.2 Å². The van der Waals surface area contributed by atoms with Gasteiger partial charge in [0.15, 0.2) is 0 Å². The van der Waals surface area contributed by atoms with Crippen LogP contribution in [0.5, 0.6) is 5.75 Å². The molecule has 1 aliphatic rings. The molecular weight excluding hydrogens is 246 g/mol. The molecule has 1 aromatic carbocycles. The first kappa shape index (κ1) is 13.2. The van der Waals surface area contributed by atoms with Gasteiger partial charge >= 0.3 is 0 Å². The van der Waals surface area contributed by atoms with E-state index in [1.165, 1.54) is 0 Å². The highest BCUT2D eigenvalue weighted by Crippen LogP contribution is 2.28. The maximum atomic E-state index is 11.5. The van der Waals surface area contributed by atoms with Gasteiger partial charge in [-0.3, -0.25) is 4.79 Å². The first-order valence-electron chi connectivity index (χ1n) is 5.89. The largest absolute Gasteiger partial charge is 0.497 e. The van der Waals surface area contributed by atoms with Crippen LogP contribution in [0, 0.1) is 11.3 Å². The highest BCUT2D eigenvalue weighted by atomic mass is 16.5. The van der Waals surface area contributed by atoms with Crippen LogP contribution in [0.1, 0.15) is 5.56 Å². The molecule has 2 rings (SSSR count). The fourth-order valence-corrected chi connectivity index (χ4v) is 2.10. The number of nitrogens with zero attached hydrogens (tertiary/aromatic N) is 2. The average Bonchev–Trinajstić information content (AvgIpc) is 2.46. The van der Waals surface area contributed by atoms with Gasteiger partial charge in [-0.25, -0.2) is 0 Å². The molecule has 1 amide bonds.